The number of anilines is 1. The van der Waals surface area contributed by atoms with Crippen LogP contribution in [0, 0.1) is 0 Å². The number of thiazole rings is 1. The third kappa shape index (κ3) is 2.81. The largest absolute Gasteiger partial charge is 0.391 e. The minimum absolute atomic E-state index is 0.169. The number of aromatic nitrogens is 1. The summed E-state index contributed by atoms with van der Waals surface area (Å²) >= 11 is 1.56. The van der Waals surface area contributed by atoms with Crippen molar-refractivity contribution >= 4 is 23.1 Å². The topological polar surface area (TPSA) is 65.5 Å². The number of rotatable bonds is 2. The average molecular weight is 289 g/mol. The van der Waals surface area contributed by atoms with Crippen molar-refractivity contribution in [2.45, 2.75) is 12.5 Å². The fourth-order valence-electron chi connectivity index (χ4n) is 2.22. The first-order valence-electron chi connectivity index (χ1n) is 6.46. The number of hydrogen-bond donors (Lipinski definition) is 2. The SMILES string of the molecule is O=C(Nc1cccc(-c2nccs2)c1)N1CC[C@H](O)C1. The zero-order chi connectivity index (χ0) is 13.9. The monoisotopic (exact) mass is 289 g/mol. The number of likely N-dealkylation sites (tertiary alicyclic amines) is 1. The Morgan fingerprint density at radius 1 is 1.50 bits per heavy atom. The molecule has 1 fully saturated rings. The van der Waals surface area contributed by atoms with Crippen LogP contribution in [0.15, 0.2) is 35.8 Å². The van der Waals surface area contributed by atoms with Crippen molar-refractivity contribution in [1.29, 1.82) is 0 Å². The van der Waals surface area contributed by atoms with Crippen molar-refractivity contribution in [1.82, 2.24) is 9.88 Å². The molecule has 1 aliphatic heterocycles. The lowest BCUT2D eigenvalue weighted by Gasteiger charge is -2.16. The van der Waals surface area contributed by atoms with Gasteiger partial charge in [-0.25, -0.2) is 9.78 Å². The van der Waals surface area contributed by atoms with Crippen molar-refractivity contribution in [2.75, 3.05) is 18.4 Å². The van der Waals surface area contributed by atoms with Crippen molar-refractivity contribution in [2.24, 2.45) is 0 Å². The molecule has 0 saturated carbocycles. The highest BCUT2D eigenvalue weighted by Gasteiger charge is 2.24. The van der Waals surface area contributed by atoms with E-state index in [2.05, 4.69) is 10.3 Å². The van der Waals surface area contributed by atoms with Crippen LogP contribution in [0.2, 0.25) is 0 Å². The third-order valence-corrected chi connectivity index (χ3v) is 4.07. The standard InChI is InChI=1S/C14H15N3O2S/c18-12-4-6-17(9-12)14(19)16-11-3-1-2-10(8-11)13-15-5-7-20-13/h1-3,5,7-8,12,18H,4,6,9H2,(H,16,19)/t12-/m0/s1. The molecule has 20 heavy (non-hydrogen) atoms. The highest BCUT2D eigenvalue weighted by molar-refractivity contribution is 7.13. The van der Waals surface area contributed by atoms with Crippen LogP contribution in [0.5, 0.6) is 0 Å². The molecule has 2 amide bonds. The number of nitrogens with zero attached hydrogens (tertiary/aromatic N) is 2. The molecule has 0 bridgehead atoms. The van der Waals surface area contributed by atoms with Crippen LogP contribution >= 0.6 is 11.3 Å². The van der Waals surface area contributed by atoms with Gasteiger partial charge in [-0.3, -0.25) is 0 Å². The molecular formula is C14H15N3O2S. The summed E-state index contributed by atoms with van der Waals surface area (Å²) in [5, 5.41) is 15.2. The average Bonchev–Trinajstić information content (AvgIpc) is 3.10. The number of β-amino-alcohol motifs (C(OH)–C–C–N with tert-alkyl or cyclic N) is 1. The number of aliphatic hydroxyl groups is 1. The van der Waals surface area contributed by atoms with Crippen molar-refractivity contribution in [3.05, 3.63) is 35.8 Å². The highest BCUT2D eigenvalue weighted by Crippen LogP contribution is 2.24. The van der Waals surface area contributed by atoms with Crippen molar-refractivity contribution < 1.29 is 9.90 Å². The Labute approximate surface area is 120 Å². The lowest BCUT2D eigenvalue weighted by molar-refractivity contribution is 0.176. The molecule has 0 radical (unpaired) electrons. The first kappa shape index (κ1) is 13.1. The minimum Gasteiger partial charge on any atom is -0.391 e. The van der Waals surface area contributed by atoms with Crippen LogP contribution in [0.25, 0.3) is 10.6 Å². The molecule has 1 aliphatic rings. The molecule has 6 heteroatoms. The van der Waals surface area contributed by atoms with Gasteiger partial charge >= 0.3 is 6.03 Å². The Hall–Kier alpha value is -1.92. The second-order valence-corrected chi connectivity index (χ2v) is 5.63. The van der Waals surface area contributed by atoms with Gasteiger partial charge in [0, 0.05) is 35.9 Å². The smallest absolute Gasteiger partial charge is 0.321 e. The van der Waals surface area contributed by atoms with Gasteiger partial charge in [0.25, 0.3) is 0 Å². The van der Waals surface area contributed by atoms with Gasteiger partial charge in [0.2, 0.25) is 0 Å². The Morgan fingerprint density at radius 2 is 2.40 bits per heavy atom. The van der Waals surface area contributed by atoms with Crippen LogP contribution in [-0.4, -0.2) is 40.2 Å². The van der Waals surface area contributed by atoms with Gasteiger partial charge in [-0.15, -0.1) is 11.3 Å². The van der Waals surface area contributed by atoms with E-state index < -0.39 is 6.10 Å². The molecule has 1 aromatic heterocycles. The third-order valence-electron chi connectivity index (χ3n) is 3.24. The number of aliphatic hydroxyl groups excluding tert-OH is 1. The predicted octanol–water partition coefficient (Wildman–Crippen LogP) is 2.41. The molecule has 0 unspecified atom stereocenters. The van der Waals surface area contributed by atoms with Crippen molar-refractivity contribution in [3.8, 4) is 10.6 Å². The van der Waals surface area contributed by atoms with Crippen LogP contribution < -0.4 is 5.32 Å². The molecule has 1 saturated heterocycles. The van der Waals surface area contributed by atoms with Gasteiger partial charge in [0.05, 0.1) is 6.10 Å². The van der Waals surface area contributed by atoms with E-state index in [4.69, 9.17) is 0 Å². The van der Waals surface area contributed by atoms with Crippen LogP contribution in [-0.2, 0) is 0 Å². The van der Waals surface area contributed by atoms with Gasteiger partial charge in [-0.05, 0) is 18.6 Å². The summed E-state index contributed by atoms with van der Waals surface area (Å²) in [5.41, 5.74) is 1.73. The van der Waals surface area contributed by atoms with E-state index in [0.29, 0.717) is 19.5 Å². The van der Waals surface area contributed by atoms with E-state index in [0.717, 1.165) is 16.3 Å². The molecule has 2 heterocycles. The van der Waals surface area contributed by atoms with E-state index in [-0.39, 0.29) is 6.03 Å². The minimum atomic E-state index is -0.401. The lowest BCUT2D eigenvalue weighted by atomic mass is 10.2. The Balaban J connectivity index is 1.71. The fourth-order valence-corrected chi connectivity index (χ4v) is 2.86. The van der Waals surface area contributed by atoms with E-state index in [1.54, 1.807) is 22.4 Å². The lowest BCUT2D eigenvalue weighted by Crippen LogP contribution is -2.33. The first-order chi connectivity index (χ1) is 9.72. The van der Waals surface area contributed by atoms with E-state index in [1.165, 1.54) is 0 Å². The number of carbonyl (C=O) groups is 1. The summed E-state index contributed by atoms with van der Waals surface area (Å²) in [7, 11) is 0. The second kappa shape index (κ2) is 5.60. The molecule has 2 N–H and O–H groups in total. The zero-order valence-electron chi connectivity index (χ0n) is 10.8. The quantitative estimate of drug-likeness (QED) is 0.892. The zero-order valence-corrected chi connectivity index (χ0v) is 11.6. The van der Waals surface area contributed by atoms with Gasteiger partial charge in [-0.1, -0.05) is 12.1 Å². The summed E-state index contributed by atoms with van der Waals surface area (Å²) in [4.78, 5) is 17.9. The normalized spacial score (nSPS) is 18.2. The highest BCUT2D eigenvalue weighted by atomic mass is 32.1. The first-order valence-corrected chi connectivity index (χ1v) is 7.34. The number of hydrogen-bond acceptors (Lipinski definition) is 4. The second-order valence-electron chi connectivity index (χ2n) is 4.74. The maximum absolute atomic E-state index is 12.0. The van der Waals surface area contributed by atoms with Gasteiger partial charge in [0.1, 0.15) is 5.01 Å². The number of urea groups is 1. The summed E-state index contributed by atoms with van der Waals surface area (Å²) in [6, 6.07) is 7.45. The Bertz CT molecular complexity index is 600. The summed E-state index contributed by atoms with van der Waals surface area (Å²) < 4.78 is 0. The van der Waals surface area contributed by atoms with Gasteiger partial charge < -0.3 is 15.3 Å². The van der Waals surface area contributed by atoms with E-state index in [9.17, 15) is 9.90 Å². The maximum atomic E-state index is 12.0. The number of carbonyl (C=O) groups excluding carboxylic acids is 1. The van der Waals surface area contributed by atoms with Crippen LogP contribution in [0.4, 0.5) is 10.5 Å². The van der Waals surface area contributed by atoms with Gasteiger partial charge in [-0.2, -0.15) is 0 Å². The Morgan fingerprint density at radius 3 is 3.10 bits per heavy atom. The summed E-state index contributed by atoms with van der Waals surface area (Å²) in [6.07, 6.45) is 2.01. The summed E-state index contributed by atoms with van der Waals surface area (Å²) in [6.45, 7) is 0.997. The molecule has 0 aliphatic carbocycles. The maximum Gasteiger partial charge on any atom is 0.321 e. The van der Waals surface area contributed by atoms with Crippen molar-refractivity contribution in [3.63, 3.8) is 0 Å². The predicted molar refractivity (Wildman–Crippen MR) is 78.8 cm³/mol. The molecule has 1 aromatic carbocycles. The number of nitrogens with one attached hydrogen (secondary N) is 1. The van der Waals surface area contributed by atoms with Crippen LogP contribution in [0.1, 0.15) is 6.42 Å². The molecule has 1 atom stereocenters. The number of benzene rings is 1. The molecule has 0 spiro atoms. The molecule has 2 aromatic rings. The van der Waals surface area contributed by atoms with E-state index >= 15 is 0 Å². The van der Waals surface area contributed by atoms with E-state index in [1.807, 2.05) is 29.6 Å². The fraction of sp³-hybridized carbons (Fsp3) is 0.286. The summed E-state index contributed by atoms with van der Waals surface area (Å²) in [5.74, 6) is 0. The molecule has 3 rings (SSSR count). The Kier molecular flexibility index (Phi) is 3.66. The number of amides is 2. The molecular weight excluding hydrogens is 274 g/mol. The van der Waals surface area contributed by atoms with Gasteiger partial charge in [0.15, 0.2) is 0 Å². The molecule has 5 nitrogen and oxygen atoms in total. The van der Waals surface area contributed by atoms with Crippen LogP contribution in [0.3, 0.4) is 0 Å². The molecule has 104 valence electrons.